The summed E-state index contributed by atoms with van der Waals surface area (Å²) in [6.45, 7) is -0.00137. The average Bonchev–Trinajstić information content (AvgIpc) is 3.21. The molecule has 1 aromatic carbocycles. The summed E-state index contributed by atoms with van der Waals surface area (Å²) in [4.78, 5) is 8.78. The molecule has 86 valence electrons. The number of aliphatic hydroxyl groups is 1. The molecule has 17 heavy (non-hydrogen) atoms. The Morgan fingerprint density at radius 2 is 1.71 bits per heavy atom. The van der Waals surface area contributed by atoms with Crippen molar-refractivity contribution in [2.75, 3.05) is 0 Å². The van der Waals surface area contributed by atoms with Crippen molar-refractivity contribution >= 4 is 0 Å². The lowest BCUT2D eigenvalue weighted by atomic mass is 9.95. The quantitative estimate of drug-likeness (QED) is 0.871. The van der Waals surface area contributed by atoms with Gasteiger partial charge in [0.1, 0.15) is 5.82 Å². The zero-order valence-electron chi connectivity index (χ0n) is 9.50. The summed E-state index contributed by atoms with van der Waals surface area (Å²) >= 11 is 0. The molecule has 0 saturated heterocycles. The average molecular weight is 226 g/mol. The molecule has 1 aliphatic carbocycles. The van der Waals surface area contributed by atoms with Crippen molar-refractivity contribution in [2.24, 2.45) is 0 Å². The SMILES string of the molecule is OCc1cnc(C2(c3ccccc3)CC2)nc1. The lowest BCUT2D eigenvalue weighted by Crippen LogP contribution is -2.13. The molecule has 0 atom stereocenters. The van der Waals surface area contributed by atoms with Crippen LogP contribution in [-0.4, -0.2) is 15.1 Å². The minimum absolute atomic E-state index is 0.00137. The molecule has 1 aliphatic rings. The molecule has 1 saturated carbocycles. The predicted octanol–water partition coefficient (Wildman–Crippen LogP) is 2.05. The third-order valence-electron chi connectivity index (χ3n) is 3.39. The Morgan fingerprint density at radius 3 is 2.24 bits per heavy atom. The first-order valence-corrected chi connectivity index (χ1v) is 5.83. The van der Waals surface area contributed by atoms with E-state index in [1.165, 1.54) is 5.56 Å². The fraction of sp³-hybridized carbons (Fsp3) is 0.286. The van der Waals surface area contributed by atoms with Crippen LogP contribution in [-0.2, 0) is 12.0 Å². The van der Waals surface area contributed by atoms with Crippen molar-refractivity contribution in [1.29, 1.82) is 0 Å². The Hall–Kier alpha value is -1.74. The van der Waals surface area contributed by atoms with Gasteiger partial charge in [-0.15, -0.1) is 0 Å². The maximum Gasteiger partial charge on any atom is 0.138 e. The Bertz CT molecular complexity index is 504. The first kappa shape index (κ1) is 10.4. The van der Waals surface area contributed by atoms with E-state index in [0.29, 0.717) is 0 Å². The van der Waals surface area contributed by atoms with Crippen LogP contribution in [0.1, 0.15) is 29.8 Å². The van der Waals surface area contributed by atoms with Crippen LogP contribution in [0.2, 0.25) is 0 Å². The predicted molar refractivity (Wildman–Crippen MR) is 64.4 cm³/mol. The summed E-state index contributed by atoms with van der Waals surface area (Å²) in [7, 11) is 0. The minimum atomic E-state index is -0.00137. The van der Waals surface area contributed by atoms with E-state index in [9.17, 15) is 0 Å². The largest absolute Gasteiger partial charge is 0.392 e. The monoisotopic (exact) mass is 226 g/mol. The smallest absolute Gasteiger partial charge is 0.138 e. The second-order valence-electron chi connectivity index (χ2n) is 4.52. The van der Waals surface area contributed by atoms with Crippen molar-refractivity contribution < 1.29 is 5.11 Å². The third kappa shape index (κ3) is 1.72. The maximum atomic E-state index is 8.98. The molecule has 1 fully saturated rings. The maximum absolute atomic E-state index is 8.98. The van der Waals surface area contributed by atoms with E-state index in [4.69, 9.17) is 5.11 Å². The second kappa shape index (κ2) is 3.93. The van der Waals surface area contributed by atoms with Crippen molar-refractivity contribution in [3.8, 4) is 0 Å². The highest BCUT2D eigenvalue weighted by Gasteiger charge is 2.48. The Kier molecular flexibility index (Phi) is 2.41. The molecule has 3 heteroatoms. The van der Waals surface area contributed by atoms with Crippen LogP contribution in [0.5, 0.6) is 0 Å². The molecular weight excluding hydrogens is 212 g/mol. The van der Waals surface area contributed by atoms with Crippen LogP contribution in [0.25, 0.3) is 0 Å². The van der Waals surface area contributed by atoms with Crippen molar-refractivity contribution in [3.63, 3.8) is 0 Å². The van der Waals surface area contributed by atoms with Crippen LogP contribution in [0.15, 0.2) is 42.7 Å². The van der Waals surface area contributed by atoms with Crippen molar-refractivity contribution in [2.45, 2.75) is 24.9 Å². The van der Waals surface area contributed by atoms with Gasteiger partial charge in [-0.05, 0) is 18.4 Å². The Labute approximate surface area is 100 Å². The lowest BCUT2D eigenvalue weighted by molar-refractivity contribution is 0.280. The van der Waals surface area contributed by atoms with Crippen LogP contribution in [0.4, 0.5) is 0 Å². The molecule has 1 aromatic heterocycles. The summed E-state index contributed by atoms with van der Waals surface area (Å²) in [6.07, 6.45) is 5.64. The van der Waals surface area contributed by atoms with Crippen LogP contribution < -0.4 is 0 Å². The summed E-state index contributed by atoms with van der Waals surface area (Å²) in [5.74, 6) is 0.876. The van der Waals surface area contributed by atoms with Gasteiger partial charge in [0.15, 0.2) is 0 Å². The van der Waals surface area contributed by atoms with Crippen LogP contribution in [0, 0.1) is 0 Å². The van der Waals surface area contributed by atoms with Crippen molar-refractivity contribution in [3.05, 3.63) is 59.7 Å². The number of rotatable bonds is 3. The molecule has 1 N–H and O–H groups in total. The fourth-order valence-corrected chi connectivity index (χ4v) is 2.21. The number of aliphatic hydroxyl groups excluding tert-OH is 1. The van der Waals surface area contributed by atoms with Crippen molar-refractivity contribution in [1.82, 2.24) is 9.97 Å². The van der Waals surface area contributed by atoms with Gasteiger partial charge < -0.3 is 5.11 Å². The lowest BCUT2D eigenvalue weighted by Gasteiger charge is -2.13. The number of benzene rings is 1. The zero-order valence-corrected chi connectivity index (χ0v) is 9.50. The normalized spacial score (nSPS) is 16.8. The van der Waals surface area contributed by atoms with Crippen LogP contribution in [0.3, 0.4) is 0 Å². The molecule has 0 bridgehead atoms. The van der Waals surface area contributed by atoms with Gasteiger partial charge in [-0.2, -0.15) is 0 Å². The molecule has 3 nitrogen and oxygen atoms in total. The van der Waals surface area contributed by atoms with Gasteiger partial charge in [0.25, 0.3) is 0 Å². The first-order chi connectivity index (χ1) is 8.35. The molecule has 0 amide bonds. The number of hydrogen-bond acceptors (Lipinski definition) is 3. The zero-order chi connectivity index (χ0) is 11.7. The standard InChI is InChI=1S/C14H14N2O/c17-10-11-8-15-13(16-9-11)14(6-7-14)12-4-2-1-3-5-12/h1-5,8-9,17H,6-7,10H2. The minimum Gasteiger partial charge on any atom is -0.392 e. The van der Waals surface area contributed by atoms with Gasteiger partial charge in [-0.1, -0.05) is 30.3 Å². The van der Waals surface area contributed by atoms with Gasteiger partial charge >= 0.3 is 0 Å². The van der Waals surface area contributed by atoms with Gasteiger partial charge in [-0.3, -0.25) is 0 Å². The fourth-order valence-electron chi connectivity index (χ4n) is 2.21. The number of aromatic nitrogens is 2. The molecule has 0 spiro atoms. The van der Waals surface area contributed by atoms with Crippen LogP contribution >= 0.6 is 0 Å². The van der Waals surface area contributed by atoms with E-state index in [-0.39, 0.29) is 12.0 Å². The van der Waals surface area contributed by atoms with E-state index < -0.39 is 0 Å². The third-order valence-corrected chi connectivity index (χ3v) is 3.39. The van der Waals surface area contributed by atoms with E-state index in [1.54, 1.807) is 12.4 Å². The molecule has 0 unspecified atom stereocenters. The first-order valence-electron chi connectivity index (χ1n) is 5.83. The highest BCUT2D eigenvalue weighted by atomic mass is 16.3. The molecule has 3 rings (SSSR count). The van der Waals surface area contributed by atoms with Gasteiger partial charge in [0.05, 0.1) is 12.0 Å². The second-order valence-corrected chi connectivity index (χ2v) is 4.52. The molecule has 0 aliphatic heterocycles. The topological polar surface area (TPSA) is 46.0 Å². The molecule has 1 heterocycles. The van der Waals surface area contributed by atoms with E-state index in [1.807, 2.05) is 6.07 Å². The summed E-state index contributed by atoms with van der Waals surface area (Å²) in [5.41, 5.74) is 2.07. The van der Waals surface area contributed by atoms with Gasteiger partial charge in [0, 0.05) is 18.0 Å². The highest BCUT2D eigenvalue weighted by Crippen LogP contribution is 2.51. The van der Waals surface area contributed by atoms with E-state index in [2.05, 4.69) is 34.2 Å². The summed E-state index contributed by atoms with van der Waals surface area (Å²) in [6, 6.07) is 10.4. The highest BCUT2D eigenvalue weighted by molar-refractivity contribution is 5.39. The Balaban J connectivity index is 1.98. The van der Waals surface area contributed by atoms with E-state index in [0.717, 1.165) is 24.2 Å². The summed E-state index contributed by atoms with van der Waals surface area (Å²) < 4.78 is 0. The number of nitrogens with zero attached hydrogens (tertiary/aromatic N) is 2. The van der Waals surface area contributed by atoms with Gasteiger partial charge in [-0.25, -0.2) is 9.97 Å². The molecular formula is C14H14N2O. The Morgan fingerprint density at radius 1 is 1.06 bits per heavy atom. The molecule has 0 radical (unpaired) electrons. The molecule has 2 aromatic rings. The van der Waals surface area contributed by atoms with E-state index >= 15 is 0 Å². The van der Waals surface area contributed by atoms with Gasteiger partial charge in [0.2, 0.25) is 0 Å². The summed E-state index contributed by atoms with van der Waals surface area (Å²) in [5, 5.41) is 8.98. The number of hydrogen-bond donors (Lipinski definition) is 1.